The summed E-state index contributed by atoms with van der Waals surface area (Å²) >= 11 is 0. The SMILES string of the molecule is COc1ccc(N2CCCC2)c(C(C)O)c1. The van der Waals surface area contributed by atoms with E-state index in [0.717, 1.165) is 30.1 Å². The van der Waals surface area contributed by atoms with Gasteiger partial charge in [-0.3, -0.25) is 0 Å². The van der Waals surface area contributed by atoms with Crippen LogP contribution in [0.25, 0.3) is 0 Å². The number of benzene rings is 1. The predicted molar refractivity (Wildman–Crippen MR) is 65.1 cm³/mol. The van der Waals surface area contributed by atoms with Gasteiger partial charge in [0.25, 0.3) is 0 Å². The number of hydrogen-bond donors (Lipinski definition) is 1. The molecule has 0 aliphatic carbocycles. The standard InChI is InChI=1S/C13H19NO2/c1-10(15)12-9-11(16-2)5-6-13(12)14-7-3-4-8-14/h5-6,9-10,15H,3-4,7-8H2,1-2H3. The molecule has 0 radical (unpaired) electrons. The zero-order valence-electron chi connectivity index (χ0n) is 9.94. The molecule has 0 spiro atoms. The van der Waals surface area contributed by atoms with Crippen molar-refractivity contribution in [1.29, 1.82) is 0 Å². The lowest BCUT2D eigenvalue weighted by molar-refractivity contribution is 0.199. The van der Waals surface area contributed by atoms with Gasteiger partial charge < -0.3 is 14.7 Å². The van der Waals surface area contributed by atoms with Gasteiger partial charge in [-0.2, -0.15) is 0 Å². The number of hydrogen-bond acceptors (Lipinski definition) is 3. The quantitative estimate of drug-likeness (QED) is 0.850. The molecule has 1 N–H and O–H groups in total. The van der Waals surface area contributed by atoms with E-state index >= 15 is 0 Å². The number of aliphatic hydroxyl groups excluding tert-OH is 1. The summed E-state index contributed by atoms with van der Waals surface area (Å²) in [5.41, 5.74) is 2.11. The minimum atomic E-state index is -0.453. The Morgan fingerprint density at radius 3 is 2.56 bits per heavy atom. The highest BCUT2D eigenvalue weighted by Gasteiger charge is 2.18. The lowest BCUT2D eigenvalue weighted by Crippen LogP contribution is -2.19. The van der Waals surface area contributed by atoms with Crippen LogP contribution in [-0.2, 0) is 0 Å². The van der Waals surface area contributed by atoms with Gasteiger partial charge in [0, 0.05) is 24.3 Å². The average molecular weight is 221 g/mol. The van der Waals surface area contributed by atoms with Gasteiger partial charge in [-0.15, -0.1) is 0 Å². The molecular formula is C13H19NO2. The summed E-state index contributed by atoms with van der Waals surface area (Å²) in [7, 11) is 1.65. The Labute approximate surface area is 96.6 Å². The molecule has 16 heavy (non-hydrogen) atoms. The average Bonchev–Trinajstić information content (AvgIpc) is 2.81. The van der Waals surface area contributed by atoms with Gasteiger partial charge >= 0.3 is 0 Å². The van der Waals surface area contributed by atoms with E-state index in [-0.39, 0.29) is 0 Å². The van der Waals surface area contributed by atoms with Gasteiger partial charge in [0.15, 0.2) is 0 Å². The van der Waals surface area contributed by atoms with Crippen molar-refractivity contribution in [2.75, 3.05) is 25.1 Å². The second-order valence-electron chi connectivity index (χ2n) is 4.29. The molecule has 1 aromatic rings. The Hall–Kier alpha value is -1.22. The largest absolute Gasteiger partial charge is 0.497 e. The molecule has 1 aromatic carbocycles. The first-order valence-electron chi connectivity index (χ1n) is 5.83. The summed E-state index contributed by atoms with van der Waals surface area (Å²) in [6, 6.07) is 5.93. The van der Waals surface area contributed by atoms with Crippen molar-refractivity contribution in [2.24, 2.45) is 0 Å². The molecule has 1 aliphatic heterocycles. The first kappa shape index (κ1) is 11.3. The van der Waals surface area contributed by atoms with Crippen molar-refractivity contribution >= 4 is 5.69 Å². The number of rotatable bonds is 3. The predicted octanol–water partition coefficient (Wildman–Crippen LogP) is 2.35. The molecule has 0 amide bonds. The number of methoxy groups -OCH3 is 1. The second kappa shape index (κ2) is 4.74. The summed E-state index contributed by atoms with van der Waals surface area (Å²) < 4.78 is 5.19. The first-order valence-corrected chi connectivity index (χ1v) is 5.83. The molecule has 0 bridgehead atoms. The van der Waals surface area contributed by atoms with Crippen molar-refractivity contribution in [2.45, 2.75) is 25.9 Å². The van der Waals surface area contributed by atoms with Crippen LogP contribution in [0, 0.1) is 0 Å². The van der Waals surface area contributed by atoms with E-state index in [4.69, 9.17) is 4.74 Å². The van der Waals surface area contributed by atoms with Crippen LogP contribution in [0.5, 0.6) is 5.75 Å². The van der Waals surface area contributed by atoms with Gasteiger partial charge in [-0.25, -0.2) is 0 Å². The fourth-order valence-electron chi connectivity index (χ4n) is 2.24. The summed E-state index contributed by atoms with van der Waals surface area (Å²) in [4.78, 5) is 2.33. The van der Waals surface area contributed by atoms with Crippen molar-refractivity contribution < 1.29 is 9.84 Å². The Morgan fingerprint density at radius 1 is 1.31 bits per heavy atom. The van der Waals surface area contributed by atoms with Gasteiger partial charge in [-0.05, 0) is 38.0 Å². The minimum Gasteiger partial charge on any atom is -0.497 e. The van der Waals surface area contributed by atoms with Crippen molar-refractivity contribution in [1.82, 2.24) is 0 Å². The number of nitrogens with zero attached hydrogens (tertiary/aromatic N) is 1. The normalized spacial score (nSPS) is 17.6. The van der Waals surface area contributed by atoms with E-state index in [1.807, 2.05) is 18.2 Å². The molecule has 1 unspecified atom stereocenters. The molecule has 0 aromatic heterocycles. The van der Waals surface area contributed by atoms with Gasteiger partial charge in [0.1, 0.15) is 5.75 Å². The Kier molecular flexibility index (Phi) is 3.34. The third-order valence-electron chi connectivity index (χ3n) is 3.13. The lowest BCUT2D eigenvalue weighted by Gasteiger charge is -2.23. The maximum atomic E-state index is 9.80. The van der Waals surface area contributed by atoms with Crippen molar-refractivity contribution in [3.63, 3.8) is 0 Å². The highest BCUT2D eigenvalue weighted by atomic mass is 16.5. The maximum Gasteiger partial charge on any atom is 0.119 e. The van der Waals surface area contributed by atoms with Gasteiger partial charge in [0.2, 0.25) is 0 Å². The van der Waals surface area contributed by atoms with Crippen LogP contribution in [0.15, 0.2) is 18.2 Å². The Balaban J connectivity index is 2.35. The fraction of sp³-hybridized carbons (Fsp3) is 0.538. The molecule has 1 fully saturated rings. The topological polar surface area (TPSA) is 32.7 Å². The van der Waals surface area contributed by atoms with Crippen LogP contribution in [0.1, 0.15) is 31.4 Å². The van der Waals surface area contributed by atoms with Crippen LogP contribution in [-0.4, -0.2) is 25.3 Å². The summed E-state index contributed by atoms with van der Waals surface area (Å²) in [6.45, 7) is 3.98. The molecule has 3 nitrogen and oxygen atoms in total. The van der Waals surface area contributed by atoms with Crippen LogP contribution < -0.4 is 9.64 Å². The van der Waals surface area contributed by atoms with E-state index in [1.54, 1.807) is 14.0 Å². The molecule has 2 rings (SSSR count). The monoisotopic (exact) mass is 221 g/mol. The third kappa shape index (κ3) is 2.14. The van der Waals surface area contributed by atoms with Crippen molar-refractivity contribution in [3.05, 3.63) is 23.8 Å². The highest BCUT2D eigenvalue weighted by molar-refractivity contribution is 5.57. The fourth-order valence-corrected chi connectivity index (χ4v) is 2.24. The maximum absolute atomic E-state index is 9.80. The Bertz CT molecular complexity index is 357. The van der Waals surface area contributed by atoms with Gasteiger partial charge in [-0.1, -0.05) is 0 Å². The summed E-state index contributed by atoms with van der Waals surface area (Å²) in [5, 5.41) is 9.80. The smallest absolute Gasteiger partial charge is 0.119 e. The molecule has 1 heterocycles. The second-order valence-corrected chi connectivity index (χ2v) is 4.29. The summed E-state index contributed by atoms with van der Waals surface area (Å²) in [6.07, 6.45) is 2.03. The van der Waals surface area contributed by atoms with E-state index in [2.05, 4.69) is 4.90 Å². The zero-order chi connectivity index (χ0) is 11.5. The highest BCUT2D eigenvalue weighted by Crippen LogP contribution is 2.32. The van der Waals surface area contributed by atoms with Crippen LogP contribution >= 0.6 is 0 Å². The molecule has 1 aliphatic rings. The zero-order valence-corrected chi connectivity index (χ0v) is 9.94. The minimum absolute atomic E-state index is 0.453. The van der Waals surface area contributed by atoms with Crippen molar-refractivity contribution in [3.8, 4) is 5.75 Å². The van der Waals surface area contributed by atoms with E-state index in [1.165, 1.54) is 12.8 Å². The molecule has 1 atom stereocenters. The van der Waals surface area contributed by atoms with Gasteiger partial charge in [0.05, 0.1) is 13.2 Å². The molecular weight excluding hydrogens is 202 g/mol. The third-order valence-corrected chi connectivity index (χ3v) is 3.13. The summed E-state index contributed by atoms with van der Waals surface area (Å²) in [5.74, 6) is 0.804. The Morgan fingerprint density at radius 2 is 2.00 bits per heavy atom. The lowest BCUT2D eigenvalue weighted by atomic mass is 10.1. The number of anilines is 1. The molecule has 3 heteroatoms. The van der Waals surface area contributed by atoms with E-state index < -0.39 is 6.10 Å². The first-order chi connectivity index (χ1) is 7.72. The van der Waals surface area contributed by atoms with E-state index in [9.17, 15) is 5.11 Å². The molecule has 88 valence electrons. The number of ether oxygens (including phenoxy) is 1. The van der Waals surface area contributed by atoms with Crippen LogP contribution in [0.3, 0.4) is 0 Å². The molecule has 1 saturated heterocycles. The van der Waals surface area contributed by atoms with Crippen LogP contribution in [0.2, 0.25) is 0 Å². The van der Waals surface area contributed by atoms with Crippen LogP contribution in [0.4, 0.5) is 5.69 Å². The number of aliphatic hydroxyl groups is 1. The van der Waals surface area contributed by atoms with E-state index in [0.29, 0.717) is 0 Å². The molecule has 0 saturated carbocycles.